The third-order valence-electron chi connectivity index (χ3n) is 3.68. The molecule has 0 aromatic carbocycles. The number of aryl methyl sites for hydroxylation is 2. The van der Waals surface area contributed by atoms with Crippen molar-refractivity contribution in [3.05, 3.63) is 29.2 Å². The Morgan fingerprint density at radius 2 is 2.23 bits per heavy atom. The van der Waals surface area contributed by atoms with Crippen molar-refractivity contribution in [3.63, 3.8) is 0 Å². The SMILES string of the molecule is Cc1noc(C)c1S(=O)(=O)N1Cc2[nH]cnc2CC1C(=O)O. The van der Waals surface area contributed by atoms with E-state index < -0.39 is 22.0 Å². The molecule has 0 fully saturated rings. The molecule has 2 aromatic rings. The highest BCUT2D eigenvalue weighted by Gasteiger charge is 2.42. The summed E-state index contributed by atoms with van der Waals surface area (Å²) < 4.78 is 31.6. The molecule has 0 radical (unpaired) electrons. The first-order valence-corrected chi connectivity index (χ1v) is 7.95. The summed E-state index contributed by atoms with van der Waals surface area (Å²) in [6, 6.07) is -1.21. The number of hydrogen-bond acceptors (Lipinski definition) is 6. The summed E-state index contributed by atoms with van der Waals surface area (Å²) >= 11 is 0. The van der Waals surface area contributed by atoms with E-state index in [2.05, 4.69) is 15.1 Å². The maximum atomic E-state index is 12.9. The summed E-state index contributed by atoms with van der Waals surface area (Å²) in [7, 11) is -4.05. The third kappa shape index (κ3) is 2.11. The lowest BCUT2D eigenvalue weighted by molar-refractivity contribution is -0.141. The second-order valence-electron chi connectivity index (χ2n) is 5.09. The number of imidazole rings is 1. The summed E-state index contributed by atoms with van der Waals surface area (Å²) in [6.07, 6.45) is 1.44. The molecule has 22 heavy (non-hydrogen) atoms. The third-order valence-corrected chi connectivity index (χ3v) is 5.78. The van der Waals surface area contributed by atoms with Crippen molar-refractivity contribution >= 4 is 16.0 Å². The van der Waals surface area contributed by atoms with Crippen LogP contribution >= 0.6 is 0 Å². The number of fused-ring (bicyclic) bond motifs is 1. The van der Waals surface area contributed by atoms with Gasteiger partial charge in [-0.05, 0) is 13.8 Å². The number of aromatic amines is 1. The van der Waals surface area contributed by atoms with Gasteiger partial charge in [0.2, 0.25) is 10.0 Å². The standard InChI is InChI=1S/C12H14N4O5S/c1-6-11(7(2)21-15-6)22(19,20)16-4-9-8(13-5-14-9)3-10(16)12(17)18/h5,10H,3-4H2,1-2H3,(H,13,14)(H,17,18). The normalized spacial score (nSPS) is 19.1. The lowest BCUT2D eigenvalue weighted by atomic mass is 10.1. The Balaban J connectivity index is 2.11. The molecule has 1 unspecified atom stereocenters. The molecule has 0 spiro atoms. The fourth-order valence-electron chi connectivity index (χ4n) is 2.64. The molecule has 10 heteroatoms. The van der Waals surface area contributed by atoms with Crippen LogP contribution in [0.1, 0.15) is 22.8 Å². The van der Waals surface area contributed by atoms with Crippen LogP contribution in [0.25, 0.3) is 0 Å². The lowest BCUT2D eigenvalue weighted by Gasteiger charge is -2.31. The minimum absolute atomic E-state index is 0.0107. The Kier molecular flexibility index (Phi) is 3.29. The molecule has 2 aromatic heterocycles. The molecule has 3 heterocycles. The van der Waals surface area contributed by atoms with E-state index in [9.17, 15) is 18.3 Å². The molecule has 3 rings (SSSR count). The minimum atomic E-state index is -4.05. The van der Waals surface area contributed by atoms with Crippen LogP contribution in [-0.4, -0.2) is 45.0 Å². The number of aliphatic carboxylic acids is 1. The second-order valence-corrected chi connectivity index (χ2v) is 6.92. The van der Waals surface area contributed by atoms with Crippen molar-refractivity contribution in [1.82, 2.24) is 19.4 Å². The zero-order valence-electron chi connectivity index (χ0n) is 11.9. The van der Waals surface area contributed by atoms with Crippen LogP contribution < -0.4 is 0 Å². The van der Waals surface area contributed by atoms with E-state index in [1.54, 1.807) is 0 Å². The van der Waals surface area contributed by atoms with E-state index in [1.807, 2.05) is 0 Å². The summed E-state index contributed by atoms with van der Waals surface area (Å²) in [4.78, 5) is 18.3. The van der Waals surface area contributed by atoms with Gasteiger partial charge in [0.05, 0.1) is 24.3 Å². The molecule has 0 amide bonds. The second kappa shape index (κ2) is 4.92. The van der Waals surface area contributed by atoms with Gasteiger partial charge in [-0.1, -0.05) is 5.16 Å². The highest BCUT2D eigenvalue weighted by molar-refractivity contribution is 7.89. The number of sulfonamides is 1. The summed E-state index contributed by atoms with van der Waals surface area (Å²) in [6.45, 7) is 2.90. The first-order chi connectivity index (χ1) is 10.3. The number of nitrogens with zero attached hydrogens (tertiary/aromatic N) is 3. The van der Waals surface area contributed by atoms with Crippen LogP contribution in [0.15, 0.2) is 15.7 Å². The van der Waals surface area contributed by atoms with Crippen LogP contribution in [0.2, 0.25) is 0 Å². The maximum absolute atomic E-state index is 12.9. The van der Waals surface area contributed by atoms with Gasteiger partial charge in [0, 0.05) is 6.42 Å². The molecule has 1 aliphatic heterocycles. The predicted octanol–water partition coefficient (Wildman–Crippen LogP) is 0.215. The molecular formula is C12H14N4O5S. The van der Waals surface area contributed by atoms with E-state index in [-0.39, 0.29) is 29.3 Å². The van der Waals surface area contributed by atoms with Crippen LogP contribution in [0.3, 0.4) is 0 Å². The number of hydrogen-bond donors (Lipinski definition) is 2. The van der Waals surface area contributed by atoms with Crippen molar-refractivity contribution in [1.29, 1.82) is 0 Å². The quantitative estimate of drug-likeness (QED) is 0.825. The molecule has 0 bridgehead atoms. The van der Waals surface area contributed by atoms with E-state index in [1.165, 1.54) is 20.2 Å². The Labute approximate surface area is 126 Å². The van der Waals surface area contributed by atoms with Crippen molar-refractivity contribution < 1.29 is 22.8 Å². The largest absolute Gasteiger partial charge is 0.480 e. The van der Waals surface area contributed by atoms with Gasteiger partial charge >= 0.3 is 5.97 Å². The molecule has 0 saturated carbocycles. The van der Waals surface area contributed by atoms with E-state index in [4.69, 9.17) is 4.52 Å². The molecule has 1 atom stereocenters. The topological polar surface area (TPSA) is 129 Å². The molecule has 0 aliphatic carbocycles. The average molecular weight is 326 g/mol. The summed E-state index contributed by atoms with van der Waals surface area (Å²) in [5.41, 5.74) is 1.36. The van der Waals surface area contributed by atoms with E-state index in [0.29, 0.717) is 11.4 Å². The number of nitrogens with one attached hydrogen (secondary N) is 1. The molecule has 2 N–H and O–H groups in total. The zero-order chi connectivity index (χ0) is 16.1. The highest BCUT2D eigenvalue weighted by Crippen LogP contribution is 2.30. The van der Waals surface area contributed by atoms with E-state index in [0.717, 1.165) is 4.31 Å². The first-order valence-electron chi connectivity index (χ1n) is 6.51. The van der Waals surface area contributed by atoms with Crippen LogP contribution in [0.4, 0.5) is 0 Å². The number of rotatable bonds is 3. The molecule has 0 saturated heterocycles. The Morgan fingerprint density at radius 1 is 1.50 bits per heavy atom. The smallest absolute Gasteiger partial charge is 0.322 e. The summed E-state index contributed by atoms with van der Waals surface area (Å²) in [5, 5.41) is 13.0. The van der Waals surface area contributed by atoms with Crippen LogP contribution in [0, 0.1) is 13.8 Å². The Morgan fingerprint density at radius 3 is 2.82 bits per heavy atom. The van der Waals surface area contributed by atoms with Crippen LogP contribution in [-0.2, 0) is 27.8 Å². The van der Waals surface area contributed by atoms with Gasteiger partial charge in [0.25, 0.3) is 0 Å². The van der Waals surface area contributed by atoms with E-state index >= 15 is 0 Å². The molecule has 118 valence electrons. The van der Waals surface area contributed by atoms with Crippen LogP contribution in [0.5, 0.6) is 0 Å². The summed E-state index contributed by atoms with van der Waals surface area (Å²) in [5.74, 6) is -1.08. The predicted molar refractivity (Wildman–Crippen MR) is 72.4 cm³/mol. The monoisotopic (exact) mass is 326 g/mol. The molecular weight excluding hydrogens is 312 g/mol. The van der Waals surface area contributed by atoms with Gasteiger partial charge in [0.15, 0.2) is 5.76 Å². The number of carboxylic acids is 1. The van der Waals surface area contributed by atoms with Crippen molar-refractivity contribution in [2.75, 3.05) is 0 Å². The van der Waals surface area contributed by atoms with Gasteiger partial charge in [-0.2, -0.15) is 4.31 Å². The Hall–Kier alpha value is -2.20. The number of H-pyrrole nitrogens is 1. The molecule has 1 aliphatic rings. The van der Waals surface area contributed by atoms with Crippen molar-refractivity contribution in [2.24, 2.45) is 0 Å². The molecule has 9 nitrogen and oxygen atoms in total. The fraction of sp³-hybridized carbons (Fsp3) is 0.417. The number of aromatic nitrogens is 3. The zero-order valence-corrected chi connectivity index (χ0v) is 12.7. The number of carboxylic acid groups (broad SMARTS) is 1. The van der Waals surface area contributed by atoms with Gasteiger partial charge in [0.1, 0.15) is 16.6 Å². The maximum Gasteiger partial charge on any atom is 0.322 e. The highest BCUT2D eigenvalue weighted by atomic mass is 32.2. The van der Waals surface area contributed by atoms with Gasteiger partial charge in [-0.25, -0.2) is 13.4 Å². The average Bonchev–Trinajstić information content (AvgIpc) is 3.03. The fourth-order valence-corrected chi connectivity index (χ4v) is 4.48. The van der Waals surface area contributed by atoms with Gasteiger partial charge < -0.3 is 14.6 Å². The van der Waals surface area contributed by atoms with Crippen molar-refractivity contribution in [3.8, 4) is 0 Å². The minimum Gasteiger partial charge on any atom is -0.480 e. The van der Waals surface area contributed by atoms with Crippen molar-refractivity contribution in [2.45, 2.75) is 37.8 Å². The van der Waals surface area contributed by atoms with Gasteiger partial charge in [-0.15, -0.1) is 0 Å². The van der Waals surface area contributed by atoms with Gasteiger partial charge in [-0.3, -0.25) is 4.79 Å². The lowest BCUT2D eigenvalue weighted by Crippen LogP contribution is -2.48. The first kappa shape index (κ1) is 14.7. The Bertz CT molecular complexity index is 818. The number of carbonyl (C=O) groups is 1.